The van der Waals surface area contributed by atoms with E-state index in [0.29, 0.717) is 22.1 Å². The Balaban J connectivity index is 2.35. The number of amides is 1. The number of nitrogens with one attached hydrogen (secondary N) is 1. The van der Waals surface area contributed by atoms with Crippen molar-refractivity contribution < 1.29 is 13.9 Å². The molecule has 0 aliphatic rings. The van der Waals surface area contributed by atoms with Gasteiger partial charge in [-0.25, -0.2) is 9.18 Å². The minimum Gasteiger partial charge on any atom is -0.452 e. The van der Waals surface area contributed by atoms with Crippen LogP contribution in [0.2, 0.25) is 5.02 Å². The maximum atomic E-state index is 12.9. The fourth-order valence-corrected chi connectivity index (χ4v) is 2.00. The Kier molecular flexibility index (Phi) is 4.65. The quantitative estimate of drug-likeness (QED) is 0.912. The molecule has 1 N–H and O–H groups in total. The zero-order chi connectivity index (χ0) is 15.4. The van der Waals surface area contributed by atoms with E-state index >= 15 is 0 Å². The van der Waals surface area contributed by atoms with Gasteiger partial charge in [-0.05, 0) is 42.5 Å². The summed E-state index contributed by atoms with van der Waals surface area (Å²) in [5.41, 5.74) is 1.88. The van der Waals surface area contributed by atoms with Gasteiger partial charge in [0.2, 0.25) is 0 Å². The normalized spacial score (nSPS) is 10.1. The van der Waals surface area contributed by atoms with Crippen molar-refractivity contribution in [3.05, 3.63) is 53.3 Å². The van der Waals surface area contributed by atoms with Crippen LogP contribution >= 0.6 is 11.6 Å². The molecule has 0 aromatic heterocycles. The number of hydrogen-bond acceptors (Lipinski definition) is 3. The van der Waals surface area contributed by atoms with Crippen LogP contribution in [-0.4, -0.2) is 20.3 Å². The molecular formula is C15H14ClFN2O2. The van der Waals surface area contributed by atoms with Crippen LogP contribution in [-0.2, 0) is 4.74 Å². The van der Waals surface area contributed by atoms with Crippen LogP contribution in [0.15, 0.2) is 42.5 Å². The van der Waals surface area contributed by atoms with Crippen molar-refractivity contribution in [3.63, 3.8) is 0 Å². The molecule has 0 atom stereocenters. The molecule has 0 saturated carbocycles. The minimum absolute atomic E-state index is 0.321. The summed E-state index contributed by atoms with van der Waals surface area (Å²) in [6, 6.07) is 10.9. The Morgan fingerprint density at radius 1 is 1.24 bits per heavy atom. The highest BCUT2D eigenvalue weighted by molar-refractivity contribution is 6.31. The molecule has 0 aliphatic carbocycles. The molecule has 6 heteroatoms. The molecule has 0 spiro atoms. The molecule has 0 unspecified atom stereocenters. The third-order valence-corrected chi connectivity index (χ3v) is 3.13. The molecule has 0 radical (unpaired) electrons. The second-order valence-corrected chi connectivity index (χ2v) is 4.76. The number of carbonyl (C=O) groups excluding carboxylic acids is 1. The Morgan fingerprint density at radius 2 is 1.90 bits per heavy atom. The molecule has 2 aromatic carbocycles. The first-order valence-electron chi connectivity index (χ1n) is 6.15. The Hall–Kier alpha value is -2.27. The average molecular weight is 309 g/mol. The second kappa shape index (κ2) is 6.45. The Bertz CT molecular complexity index is 647. The predicted molar refractivity (Wildman–Crippen MR) is 81.9 cm³/mol. The summed E-state index contributed by atoms with van der Waals surface area (Å²) in [5.74, 6) is -0.321. The van der Waals surface area contributed by atoms with Gasteiger partial charge in [0.25, 0.3) is 0 Å². The van der Waals surface area contributed by atoms with Crippen LogP contribution in [0.5, 0.6) is 0 Å². The molecule has 2 aromatic rings. The van der Waals surface area contributed by atoms with Gasteiger partial charge in [-0.3, -0.25) is 4.90 Å². The van der Waals surface area contributed by atoms with Crippen molar-refractivity contribution in [2.75, 3.05) is 24.4 Å². The number of hydrogen-bond donors (Lipinski definition) is 1. The van der Waals surface area contributed by atoms with E-state index in [-0.39, 0.29) is 5.82 Å². The smallest absolute Gasteiger partial charge is 0.413 e. The Labute approximate surface area is 127 Å². The van der Waals surface area contributed by atoms with Crippen molar-refractivity contribution in [1.82, 2.24) is 0 Å². The van der Waals surface area contributed by atoms with Crippen molar-refractivity contribution in [1.29, 1.82) is 0 Å². The lowest BCUT2D eigenvalue weighted by molar-refractivity contribution is 0.180. The van der Waals surface area contributed by atoms with Crippen LogP contribution in [0.4, 0.5) is 26.2 Å². The van der Waals surface area contributed by atoms with Crippen molar-refractivity contribution in [2.24, 2.45) is 0 Å². The summed E-state index contributed by atoms with van der Waals surface area (Å²) in [5, 5.41) is 3.62. The highest BCUT2D eigenvalue weighted by Crippen LogP contribution is 2.31. The number of carbonyl (C=O) groups is 1. The summed E-state index contributed by atoms with van der Waals surface area (Å²) < 4.78 is 17.6. The molecule has 4 nitrogen and oxygen atoms in total. The van der Waals surface area contributed by atoms with E-state index in [4.69, 9.17) is 16.3 Å². The average Bonchev–Trinajstić information content (AvgIpc) is 2.48. The zero-order valence-corrected chi connectivity index (χ0v) is 12.3. The number of methoxy groups -OCH3 is 1. The monoisotopic (exact) mass is 308 g/mol. The van der Waals surface area contributed by atoms with Crippen molar-refractivity contribution in [3.8, 4) is 0 Å². The fraction of sp³-hybridized carbons (Fsp3) is 0.133. The third-order valence-electron chi connectivity index (χ3n) is 2.89. The lowest BCUT2D eigenvalue weighted by Gasteiger charge is -2.20. The molecule has 1 amide bonds. The molecule has 0 fully saturated rings. The zero-order valence-electron chi connectivity index (χ0n) is 11.6. The first-order valence-corrected chi connectivity index (χ1v) is 6.53. The number of benzene rings is 2. The number of nitrogens with zero attached hydrogens (tertiary/aromatic N) is 1. The first kappa shape index (κ1) is 15.1. The molecule has 110 valence electrons. The van der Waals surface area contributed by atoms with Crippen LogP contribution in [0, 0.1) is 5.82 Å². The van der Waals surface area contributed by atoms with E-state index in [1.807, 2.05) is 0 Å². The summed E-state index contributed by atoms with van der Waals surface area (Å²) in [7, 11) is 2.90. The minimum atomic E-state index is -0.500. The maximum absolute atomic E-state index is 12.9. The lowest BCUT2D eigenvalue weighted by atomic mass is 10.2. The van der Waals surface area contributed by atoms with Gasteiger partial charge in [-0.15, -0.1) is 0 Å². The van der Waals surface area contributed by atoms with E-state index in [1.54, 1.807) is 37.4 Å². The molecule has 21 heavy (non-hydrogen) atoms. The lowest BCUT2D eigenvalue weighted by Crippen LogP contribution is -2.26. The SMILES string of the molecule is COC(=O)N(C)c1ccc(Cl)cc1Nc1ccc(F)cc1. The molecular weight excluding hydrogens is 295 g/mol. The number of anilines is 3. The van der Waals surface area contributed by atoms with E-state index in [0.717, 1.165) is 0 Å². The third kappa shape index (κ3) is 3.64. The maximum Gasteiger partial charge on any atom is 0.413 e. The number of halogens is 2. The van der Waals surface area contributed by atoms with Gasteiger partial charge in [0, 0.05) is 17.8 Å². The molecule has 2 rings (SSSR count). The summed E-state index contributed by atoms with van der Waals surface area (Å²) >= 11 is 5.99. The van der Waals surface area contributed by atoms with Crippen LogP contribution in [0.3, 0.4) is 0 Å². The van der Waals surface area contributed by atoms with Crippen LogP contribution in [0.1, 0.15) is 0 Å². The summed E-state index contributed by atoms with van der Waals surface area (Å²) in [6.45, 7) is 0. The van der Waals surface area contributed by atoms with Gasteiger partial charge in [-0.1, -0.05) is 11.6 Å². The largest absolute Gasteiger partial charge is 0.452 e. The summed E-state index contributed by atoms with van der Waals surface area (Å²) in [4.78, 5) is 13.0. The van der Waals surface area contributed by atoms with Gasteiger partial charge in [0.1, 0.15) is 5.82 Å². The first-order chi connectivity index (χ1) is 10.0. The fourth-order valence-electron chi connectivity index (χ4n) is 1.82. The molecule has 0 bridgehead atoms. The van der Waals surface area contributed by atoms with Crippen molar-refractivity contribution >= 4 is 34.8 Å². The van der Waals surface area contributed by atoms with E-state index in [2.05, 4.69) is 5.32 Å². The van der Waals surface area contributed by atoms with Gasteiger partial charge in [0.15, 0.2) is 0 Å². The standard InChI is InChI=1S/C15H14ClFN2O2/c1-19(15(20)21-2)14-8-3-10(16)9-13(14)18-12-6-4-11(17)5-7-12/h3-9,18H,1-2H3. The number of rotatable bonds is 3. The van der Waals surface area contributed by atoms with Crippen LogP contribution < -0.4 is 10.2 Å². The molecule has 0 aliphatic heterocycles. The Morgan fingerprint density at radius 3 is 2.52 bits per heavy atom. The van der Waals surface area contributed by atoms with Gasteiger partial charge >= 0.3 is 6.09 Å². The predicted octanol–water partition coefficient (Wildman–Crippen LogP) is 4.43. The summed E-state index contributed by atoms with van der Waals surface area (Å²) in [6.07, 6.45) is -0.500. The van der Waals surface area contributed by atoms with E-state index < -0.39 is 6.09 Å². The van der Waals surface area contributed by atoms with Gasteiger partial charge in [0.05, 0.1) is 18.5 Å². The topological polar surface area (TPSA) is 41.6 Å². The van der Waals surface area contributed by atoms with Crippen molar-refractivity contribution in [2.45, 2.75) is 0 Å². The van der Waals surface area contributed by atoms with E-state index in [1.165, 1.54) is 24.1 Å². The second-order valence-electron chi connectivity index (χ2n) is 4.32. The van der Waals surface area contributed by atoms with Gasteiger partial charge in [-0.2, -0.15) is 0 Å². The van der Waals surface area contributed by atoms with E-state index in [9.17, 15) is 9.18 Å². The number of ether oxygens (including phenoxy) is 1. The molecule has 0 heterocycles. The van der Waals surface area contributed by atoms with Crippen LogP contribution in [0.25, 0.3) is 0 Å². The highest BCUT2D eigenvalue weighted by Gasteiger charge is 2.15. The molecule has 0 saturated heterocycles. The highest BCUT2D eigenvalue weighted by atomic mass is 35.5. The van der Waals surface area contributed by atoms with Gasteiger partial charge < -0.3 is 10.1 Å².